The van der Waals surface area contributed by atoms with E-state index in [1.165, 1.54) is 14.0 Å². The highest BCUT2D eigenvalue weighted by molar-refractivity contribution is 5.94. The predicted molar refractivity (Wildman–Crippen MR) is 31.8 cm³/mol. The topological polar surface area (TPSA) is 26.3 Å². The van der Waals surface area contributed by atoms with Gasteiger partial charge >= 0.3 is 6.18 Å². The van der Waals surface area contributed by atoms with Crippen LogP contribution < -0.4 is 0 Å². The van der Waals surface area contributed by atoms with Gasteiger partial charge in [0.1, 0.15) is 0 Å². The summed E-state index contributed by atoms with van der Waals surface area (Å²) in [4.78, 5) is 10.2. The van der Waals surface area contributed by atoms with Crippen LogP contribution in [0.3, 0.4) is 0 Å². The number of rotatable bonds is 2. The Morgan fingerprint density at radius 1 is 1.45 bits per heavy atom. The first-order valence-electron chi connectivity index (χ1n) is 2.71. The van der Waals surface area contributed by atoms with Crippen LogP contribution >= 0.6 is 0 Å². The summed E-state index contributed by atoms with van der Waals surface area (Å²) in [7, 11) is 1.19. The monoisotopic (exact) mass is 168 g/mol. The summed E-state index contributed by atoms with van der Waals surface area (Å²) in [6.45, 7) is 1.27. The minimum Gasteiger partial charge on any atom is -0.501 e. The normalized spacial score (nSPS) is 13.0. The van der Waals surface area contributed by atoms with E-state index < -0.39 is 12.0 Å². The van der Waals surface area contributed by atoms with E-state index in [-0.39, 0.29) is 5.76 Å². The van der Waals surface area contributed by atoms with E-state index in [9.17, 15) is 18.0 Å². The Morgan fingerprint density at radius 3 is 2.18 bits per heavy atom. The Kier molecular flexibility index (Phi) is 3.10. The number of ketones is 1. The van der Waals surface area contributed by atoms with Crippen molar-refractivity contribution in [2.24, 2.45) is 0 Å². The lowest BCUT2D eigenvalue weighted by Gasteiger charge is -2.01. The maximum absolute atomic E-state index is 11.5. The molecule has 0 aliphatic heterocycles. The third kappa shape index (κ3) is 3.64. The number of carbonyl (C=O) groups excluding carboxylic acids is 1. The van der Waals surface area contributed by atoms with Crippen molar-refractivity contribution in [1.29, 1.82) is 0 Å². The highest BCUT2D eigenvalue weighted by Crippen LogP contribution is 2.17. The van der Waals surface area contributed by atoms with Gasteiger partial charge in [-0.15, -0.1) is 0 Å². The lowest BCUT2D eigenvalue weighted by Crippen LogP contribution is -2.20. The number of hydrogen-bond acceptors (Lipinski definition) is 2. The van der Waals surface area contributed by atoms with Gasteiger partial charge in [-0.05, 0) is 6.92 Å². The predicted octanol–water partition coefficient (Wildman–Crippen LogP) is 1.67. The van der Waals surface area contributed by atoms with Crippen LogP contribution in [0.2, 0.25) is 0 Å². The standard InChI is InChI=1S/C6H7F3O2/c1-4(11-2)3-5(10)6(7,8)9/h3H,1-2H3/b4-3+. The highest BCUT2D eigenvalue weighted by Gasteiger charge is 2.36. The summed E-state index contributed by atoms with van der Waals surface area (Å²) in [5.74, 6) is -1.97. The fourth-order valence-electron chi connectivity index (χ4n) is 0.325. The molecule has 0 spiro atoms. The average molecular weight is 168 g/mol. The molecule has 5 heteroatoms. The molecule has 0 saturated heterocycles. The van der Waals surface area contributed by atoms with Gasteiger partial charge in [-0.3, -0.25) is 4.79 Å². The maximum atomic E-state index is 11.5. The van der Waals surface area contributed by atoms with E-state index in [0.29, 0.717) is 6.08 Å². The summed E-state index contributed by atoms with van der Waals surface area (Å²) >= 11 is 0. The fourth-order valence-corrected chi connectivity index (χ4v) is 0.325. The van der Waals surface area contributed by atoms with E-state index in [4.69, 9.17) is 0 Å². The Balaban J connectivity index is 4.30. The van der Waals surface area contributed by atoms with Gasteiger partial charge in [0, 0.05) is 6.08 Å². The van der Waals surface area contributed by atoms with E-state index in [1.807, 2.05) is 0 Å². The lowest BCUT2D eigenvalue weighted by molar-refractivity contribution is -0.165. The van der Waals surface area contributed by atoms with Gasteiger partial charge < -0.3 is 4.74 Å². The molecule has 0 aromatic heterocycles. The summed E-state index contributed by atoms with van der Waals surface area (Å²) in [5.41, 5.74) is 0. The van der Waals surface area contributed by atoms with Gasteiger partial charge in [-0.1, -0.05) is 0 Å². The van der Waals surface area contributed by atoms with Crippen molar-refractivity contribution in [2.45, 2.75) is 13.1 Å². The van der Waals surface area contributed by atoms with Crippen molar-refractivity contribution >= 4 is 5.78 Å². The molecule has 0 bridgehead atoms. The Morgan fingerprint density at radius 2 is 1.91 bits per heavy atom. The van der Waals surface area contributed by atoms with Crippen molar-refractivity contribution in [3.8, 4) is 0 Å². The van der Waals surface area contributed by atoms with Crippen LogP contribution in [0, 0.1) is 0 Å². The first kappa shape index (κ1) is 10.0. The third-order valence-electron chi connectivity index (χ3n) is 0.936. The van der Waals surface area contributed by atoms with Crippen molar-refractivity contribution in [1.82, 2.24) is 0 Å². The Hall–Kier alpha value is -1.00. The van der Waals surface area contributed by atoms with Crippen LogP contribution in [-0.2, 0) is 9.53 Å². The SMILES string of the molecule is CO/C(C)=C/C(=O)C(F)(F)F. The molecule has 0 saturated carbocycles. The number of ether oxygens (including phenoxy) is 1. The summed E-state index contributed by atoms with van der Waals surface area (Å²) < 4.78 is 38.8. The fraction of sp³-hybridized carbons (Fsp3) is 0.500. The molecule has 0 aromatic rings. The van der Waals surface area contributed by atoms with E-state index in [0.717, 1.165) is 0 Å². The molecule has 0 aliphatic carbocycles. The molecule has 11 heavy (non-hydrogen) atoms. The molecule has 0 amide bonds. The largest absolute Gasteiger partial charge is 0.501 e. The van der Waals surface area contributed by atoms with Gasteiger partial charge in [0.15, 0.2) is 0 Å². The molecule has 0 unspecified atom stereocenters. The molecule has 0 aliphatic rings. The molecule has 0 aromatic carbocycles. The smallest absolute Gasteiger partial charge is 0.454 e. The number of allylic oxidation sites excluding steroid dienone is 2. The van der Waals surface area contributed by atoms with Crippen molar-refractivity contribution < 1.29 is 22.7 Å². The molecule has 0 rings (SSSR count). The third-order valence-corrected chi connectivity index (χ3v) is 0.936. The first-order valence-corrected chi connectivity index (χ1v) is 2.71. The van der Waals surface area contributed by atoms with Crippen molar-refractivity contribution in [3.63, 3.8) is 0 Å². The molecule has 0 fully saturated rings. The molecule has 64 valence electrons. The average Bonchev–Trinajstić information content (AvgIpc) is 1.85. The van der Waals surface area contributed by atoms with Crippen LogP contribution in [0.25, 0.3) is 0 Å². The second-order valence-corrected chi connectivity index (χ2v) is 1.82. The van der Waals surface area contributed by atoms with Crippen LogP contribution in [0.4, 0.5) is 13.2 Å². The van der Waals surface area contributed by atoms with Crippen LogP contribution in [0.15, 0.2) is 11.8 Å². The van der Waals surface area contributed by atoms with Gasteiger partial charge in [0.05, 0.1) is 12.9 Å². The number of carbonyl (C=O) groups is 1. The van der Waals surface area contributed by atoms with Crippen LogP contribution in [0.5, 0.6) is 0 Å². The van der Waals surface area contributed by atoms with Crippen LogP contribution in [-0.4, -0.2) is 19.1 Å². The van der Waals surface area contributed by atoms with Crippen molar-refractivity contribution in [2.75, 3.05) is 7.11 Å². The molecule has 0 heterocycles. The van der Waals surface area contributed by atoms with Crippen molar-refractivity contribution in [3.05, 3.63) is 11.8 Å². The Bertz CT molecular complexity index is 181. The van der Waals surface area contributed by atoms with Gasteiger partial charge in [-0.2, -0.15) is 13.2 Å². The van der Waals surface area contributed by atoms with Gasteiger partial charge in [0.25, 0.3) is 5.78 Å². The zero-order valence-electron chi connectivity index (χ0n) is 6.03. The number of halogens is 3. The minimum absolute atomic E-state index is 0.0627. The lowest BCUT2D eigenvalue weighted by atomic mass is 10.3. The zero-order valence-corrected chi connectivity index (χ0v) is 6.03. The summed E-state index contributed by atoms with van der Waals surface area (Å²) in [6.07, 6.45) is -4.40. The van der Waals surface area contributed by atoms with E-state index in [1.54, 1.807) is 0 Å². The quantitative estimate of drug-likeness (QED) is 0.463. The molecular weight excluding hydrogens is 161 g/mol. The second kappa shape index (κ2) is 3.41. The molecule has 0 N–H and O–H groups in total. The van der Waals surface area contributed by atoms with E-state index >= 15 is 0 Å². The second-order valence-electron chi connectivity index (χ2n) is 1.82. The summed E-state index contributed by atoms with van der Waals surface area (Å²) in [6, 6.07) is 0. The number of hydrogen-bond donors (Lipinski definition) is 0. The molecule has 0 radical (unpaired) electrons. The number of alkyl halides is 3. The van der Waals surface area contributed by atoms with Gasteiger partial charge in [0.2, 0.25) is 0 Å². The Labute approximate surface area is 61.6 Å². The van der Waals surface area contributed by atoms with E-state index in [2.05, 4.69) is 4.74 Å². The highest BCUT2D eigenvalue weighted by atomic mass is 19.4. The zero-order chi connectivity index (χ0) is 9.07. The molecule has 2 nitrogen and oxygen atoms in total. The number of methoxy groups -OCH3 is 1. The van der Waals surface area contributed by atoms with Crippen LogP contribution in [0.1, 0.15) is 6.92 Å². The first-order chi connectivity index (χ1) is 4.88. The van der Waals surface area contributed by atoms with Gasteiger partial charge in [-0.25, -0.2) is 0 Å². The minimum atomic E-state index is -4.81. The molecule has 0 atom stereocenters. The molecular formula is C6H7F3O2. The maximum Gasteiger partial charge on any atom is 0.454 e. The summed E-state index contributed by atoms with van der Waals surface area (Å²) in [5, 5.41) is 0.